The molecule has 1 N–H and O–H groups in total. The summed E-state index contributed by atoms with van der Waals surface area (Å²) in [6.45, 7) is 9.10. The number of carbonyl (C=O) groups is 3. The number of nitrogens with zero attached hydrogens (tertiary/aromatic N) is 5. The number of methoxy groups -OCH3 is 1. The van der Waals surface area contributed by atoms with Crippen molar-refractivity contribution >= 4 is 42.4 Å². The molecule has 13 heteroatoms. The van der Waals surface area contributed by atoms with Crippen LogP contribution in [0.5, 0.6) is 5.75 Å². The topological polar surface area (TPSA) is 136 Å². The van der Waals surface area contributed by atoms with Crippen LogP contribution in [0.25, 0.3) is 0 Å². The predicted octanol–water partition coefficient (Wildman–Crippen LogP) is 4.30. The van der Waals surface area contributed by atoms with E-state index in [0.717, 1.165) is 28.3 Å². The summed E-state index contributed by atoms with van der Waals surface area (Å²) in [6, 6.07) is 23.7. The maximum Gasteiger partial charge on any atom is 0.304 e. The van der Waals surface area contributed by atoms with Gasteiger partial charge in [-0.1, -0.05) is 72.9 Å². The molecule has 52 heavy (non-hydrogen) atoms. The van der Waals surface area contributed by atoms with Gasteiger partial charge in [0.05, 0.1) is 45.6 Å². The molecule has 0 saturated carbocycles. The Hall–Kier alpha value is -4.85. The largest absolute Gasteiger partial charge is 0.497 e. The summed E-state index contributed by atoms with van der Waals surface area (Å²) in [7, 11) is -0.660. The van der Waals surface area contributed by atoms with Crippen molar-refractivity contribution in [3.8, 4) is 5.75 Å². The van der Waals surface area contributed by atoms with E-state index < -0.39 is 25.9 Å². The fraction of sp³-hybridized carbons (Fsp3) is 0.410. The summed E-state index contributed by atoms with van der Waals surface area (Å²) < 4.78 is 19.8. The zero-order valence-corrected chi connectivity index (χ0v) is 31.2. The first-order valence-electron chi connectivity index (χ1n) is 17.8. The molecule has 0 radical (unpaired) electrons. The van der Waals surface area contributed by atoms with Gasteiger partial charge in [-0.2, -0.15) is 0 Å². The van der Waals surface area contributed by atoms with Gasteiger partial charge in [-0.15, -0.1) is 5.10 Å². The molecule has 12 nitrogen and oxygen atoms in total. The zero-order valence-electron chi connectivity index (χ0n) is 30.2. The Labute approximate surface area is 304 Å². The van der Waals surface area contributed by atoms with Crippen LogP contribution in [0.2, 0.25) is 18.6 Å². The van der Waals surface area contributed by atoms with Crippen molar-refractivity contribution in [1.82, 2.24) is 15.0 Å². The third-order valence-electron chi connectivity index (χ3n) is 11.1. The molecule has 2 amide bonds. The standard InChI is InChI=1S/C39H45N5O7Si/c1-25-37(52(4,5)31-16-14-30(49-3)15-17-31)34(18-20-42-24-28(19-21-45)40-41-42)51-39(25)32-8-6-7-9-33(32)43(38(39)48)23-27-10-12-29(13-11-27)44-35(47)22-36(44)50-26(2)46/h6-17,24-25,34,36-37,45H,18-23H2,1-5H3/t25-,34+,36?,37-,39+/m0/s1. The molecule has 3 aromatic carbocycles. The Morgan fingerprint density at radius 3 is 2.46 bits per heavy atom. The molecule has 3 aliphatic heterocycles. The van der Waals surface area contributed by atoms with E-state index in [-0.39, 0.29) is 42.4 Å². The minimum atomic E-state index is -2.32. The minimum Gasteiger partial charge on any atom is -0.497 e. The number of hydrogen-bond acceptors (Lipinski definition) is 9. The number of aliphatic hydroxyl groups is 1. The van der Waals surface area contributed by atoms with Crippen LogP contribution in [0.3, 0.4) is 0 Å². The van der Waals surface area contributed by atoms with E-state index in [1.165, 1.54) is 17.0 Å². The number of rotatable bonds is 12. The zero-order chi connectivity index (χ0) is 36.8. The average molecular weight is 724 g/mol. The van der Waals surface area contributed by atoms with Crippen molar-refractivity contribution in [2.45, 2.75) is 82.8 Å². The van der Waals surface area contributed by atoms with E-state index in [2.05, 4.69) is 42.5 Å². The van der Waals surface area contributed by atoms with Crippen molar-refractivity contribution in [3.05, 3.63) is 95.8 Å². The molecule has 1 spiro atoms. The molecule has 2 fully saturated rings. The van der Waals surface area contributed by atoms with Crippen LogP contribution in [0.15, 0.2) is 79.0 Å². The molecule has 5 atom stereocenters. The Kier molecular flexibility index (Phi) is 9.53. The third kappa shape index (κ3) is 6.10. The van der Waals surface area contributed by atoms with E-state index in [1.807, 2.05) is 71.8 Å². The van der Waals surface area contributed by atoms with Crippen LogP contribution in [-0.2, 0) is 49.0 Å². The van der Waals surface area contributed by atoms with Crippen molar-refractivity contribution in [3.63, 3.8) is 0 Å². The molecule has 1 aromatic heterocycles. The summed E-state index contributed by atoms with van der Waals surface area (Å²) in [5, 5.41) is 19.2. The van der Waals surface area contributed by atoms with Gasteiger partial charge in [0.1, 0.15) is 5.75 Å². The average Bonchev–Trinajstić information content (AvgIpc) is 3.77. The van der Waals surface area contributed by atoms with Crippen molar-refractivity contribution in [2.75, 3.05) is 23.5 Å². The first kappa shape index (κ1) is 35.5. The fourth-order valence-electron chi connectivity index (χ4n) is 8.56. The highest BCUT2D eigenvalue weighted by molar-refractivity contribution is 6.91. The predicted molar refractivity (Wildman–Crippen MR) is 197 cm³/mol. The van der Waals surface area contributed by atoms with E-state index >= 15 is 4.79 Å². The normalized spacial score (nSPS) is 24.0. The van der Waals surface area contributed by atoms with Crippen LogP contribution >= 0.6 is 0 Å². The van der Waals surface area contributed by atoms with Gasteiger partial charge in [0.25, 0.3) is 5.91 Å². The maximum atomic E-state index is 15.1. The molecule has 7 rings (SSSR count). The second kappa shape index (κ2) is 13.9. The Morgan fingerprint density at radius 2 is 1.79 bits per heavy atom. The number of carbonyl (C=O) groups excluding carboxylic acids is 3. The van der Waals surface area contributed by atoms with Crippen LogP contribution in [0.4, 0.5) is 11.4 Å². The number of para-hydroxylation sites is 1. The van der Waals surface area contributed by atoms with Crippen molar-refractivity contribution < 1.29 is 33.7 Å². The van der Waals surface area contributed by atoms with Crippen LogP contribution < -0.4 is 19.7 Å². The van der Waals surface area contributed by atoms with Crippen LogP contribution in [-0.4, -0.2) is 72.0 Å². The lowest BCUT2D eigenvalue weighted by Gasteiger charge is -2.39. The molecule has 4 aromatic rings. The van der Waals surface area contributed by atoms with E-state index in [9.17, 15) is 14.7 Å². The first-order chi connectivity index (χ1) is 25.0. The van der Waals surface area contributed by atoms with Crippen molar-refractivity contribution in [2.24, 2.45) is 5.92 Å². The minimum absolute atomic E-state index is 0.00498. The molecule has 0 bridgehead atoms. The molecular weight excluding hydrogens is 679 g/mol. The van der Waals surface area contributed by atoms with Gasteiger partial charge in [0, 0.05) is 49.9 Å². The number of fused-ring (bicyclic) bond motifs is 2. The monoisotopic (exact) mass is 723 g/mol. The van der Waals surface area contributed by atoms with Crippen molar-refractivity contribution in [1.29, 1.82) is 0 Å². The highest BCUT2D eigenvalue weighted by Crippen LogP contribution is 2.60. The van der Waals surface area contributed by atoms with Gasteiger partial charge in [-0.05, 0) is 47.9 Å². The lowest BCUT2D eigenvalue weighted by Crippen LogP contribution is -2.54. The molecule has 272 valence electrons. The number of aromatic nitrogens is 3. The lowest BCUT2D eigenvalue weighted by molar-refractivity contribution is -0.154. The number of amides is 2. The molecule has 2 saturated heterocycles. The Bertz CT molecular complexity index is 1970. The van der Waals surface area contributed by atoms with Gasteiger partial charge in [0.15, 0.2) is 11.8 Å². The summed E-state index contributed by atoms with van der Waals surface area (Å²) in [5.74, 6) is 0.00511. The van der Waals surface area contributed by atoms with E-state index in [1.54, 1.807) is 11.8 Å². The number of aryl methyl sites for hydroxylation is 1. The summed E-state index contributed by atoms with van der Waals surface area (Å²) >= 11 is 0. The Morgan fingerprint density at radius 1 is 1.06 bits per heavy atom. The molecule has 3 aliphatic rings. The summed E-state index contributed by atoms with van der Waals surface area (Å²) in [4.78, 5) is 42.3. The summed E-state index contributed by atoms with van der Waals surface area (Å²) in [6.07, 6.45) is 2.23. The molecule has 1 unspecified atom stereocenters. The number of hydrogen-bond donors (Lipinski definition) is 1. The number of anilines is 2. The lowest BCUT2D eigenvalue weighted by atomic mass is 9.82. The van der Waals surface area contributed by atoms with E-state index in [4.69, 9.17) is 14.2 Å². The number of aliphatic hydroxyl groups excluding tert-OH is 1. The van der Waals surface area contributed by atoms with Gasteiger partial charge in [0.2, 0.25) is 5.91 Å². The molecule has 4 heterocycles. The van der Waals surface area contributed by atoms with Gasteiger partial charge in [-0.25, -0.2) is 0 Å². The number of benzene rings is 3. The second-order valence-electron chi connectivity index (χ2n) is 14.5. The van der Waals surface area contributed by atoms with E-state index in [0.29, 0.717) is 31.6 Å². The van der Waals surface area contributed by atoms with Crippen LogP contribution in [0, 0.1) is 5.92 Å². The number of ether oxygens (including phenoxy) is 3. The fourth-order valence-corrected chi connectivity index (χ4v) is 12.6. The molecule has 0 aliphatic carbocycles. The number of β-lactam (4-membered cyclic amide) rings is 1. The second-order valence-corrected chi connectivity index (χ2v) is 19.2. The highest BCUT2D eigenvalue weighted by Gasteiger charge is 2.66. The van der Waals surface area contributed by atoms with Crippen LogP contribution in [0.1, 0.15) is 43.5 Å². The SMILES string of the molecule is COc1ccc([Si](C)(C)[C@@H]2[C@@H](CCn3cc(CCO)nn3)O[C@]3(C(=O)N(Cc4ccc(N5C(=O)CC5OC(C)=O)cc4)c4ccccc43)[C@H]2C)cc1. The van der Waals surface area contributed by atoms with Gasteiger partial charge >= 0.3 is 5.97 Å². The maximum absolute atomic E-state index is 15.1. The summed E-state index contributed by atoms with van der Waals surface area (Å²) in [5.41, 5.74) is 2.83. The Balaban J connectivity index is 1.20. The third-order valence-corrected chi connectivity index (χ3v) is 15.5. The first-order valence-corrected chi connectivity index (χ1v) is 20.9. The van der Waals surface area contributed by atoms with Gasteiger partial charge < -0.3 is 24.2 Å². The quantitative estimate of drug-likeness (QED) is 0.129. The van der Waals surface area contributed by atoms with Gasteiger partial charge in [-0.3, -0.25) is 24.0 Å². The highest BCUT2D eigenvalue weighted by atomic mass is 28.3. The smallest absolute Gasteiger partial charge is 0.304 e. The number of esters is 1. The molecular formula is C39H45N5O7Si.